The highest BCUT2D eigenvalue weighted by Gasteiger charge is 2.11. The third kappa shape index (κ3) is 4.36. The molecule has 1 heterocycles. The second-order valence-corrected chi connectivity index (χ2v) is 6.24. The molecule has 0 aromatic heterocycles. The van der Waals surface area contributed by atoms with E-state index in [0.29, 0.717) is 19.8 Å². The van der Waals surface area contributed by atoms with Crippen LogP contribution < -0.4 is 18.9 Å². The minimum absolute atomic E-state index is 0.438. The van der Waals surface area contributed by atoms with Crippen LogP contribution in [-0.4, -0.2) is 35.2 Å². The van der Waals surface area contributed by atoms with Crippen molar-refractivity contribution in [3.8, 4) is 11.5 Å². The van der Waals surface area contributed by atoms with Gasteiger partial charge in [-0.05, 0) is 37.0 Å². The molecule has 0 atom stereocenters. The molecule has 1 aromatic carbocycles. The average Bonchev–Trinajstić information content (AvgIpc) is 2.46. The number of ether oxygens (including phenoxy) is 2. The summed E-state index contributed by atoms with van der Waals surface area (Å²) in [5.41, 5.74) is 1.17. The summed E-state index contributed by atoms with van der Waals surface area (Å²) in [7, 11) is -1.93. The van der Waals surface area contributed by atoms with E-state index < -0.39 is 10.2 Å². The van der Waals surface area contributed by atoms with E-state index in [9.17, 15) is 8.42 Å². The lowest BCUT2D eigenvalue weighted by atomic mass is 10.1. The van der Waals surface area contributed by atoms with E-state index in [2.05, 4.69) is 9.44 Å². The van der Waals surface area contributed by atoms with E-state index in [0.717, 1.165) is 30.8 Å². The number of benzene rings is 1. The van der Waals surface area contributed by atoms with Gasteiger partial charge in [-0.1, -0.05) is 6.07 Å². The van der Waals surface area contributed by atoms with Crippen LogP contribution in [0.1, 0.15) is 18.4 Å². The molecule has 0 fully saturated rings. The number of rotatable bonds is 7. The Morgan fingerprint density at radius 2 is 1.90 bits per heavy atom. The Kier molecular flexibility index (Phi) is 5.22. The predicted molar refractivity (Wildman–Crippen MR) is 76.4 cm³/mol. The summed E-state index contributed by atoms with van der Waals surface area (Å²) in [4.78, 5) is 0. The van der Waals surface area contributed by atoms with E-state index in [1.165, 1.54) is 12.6 Å². The van der Waals surface area contributed by atoms with Crippen molar-refractivity contribution in [3.63, 3.8) is 0 Å². The van der Waals surface area contributed by atoms with E-state index in [1.807, 2.05) is 18.2 Å². The van der Waals surface area contributed by atoms with E-state index >= 15 is 0 Å². The van der Waals surface area contributed by atoms with Gasteiger partial charge in [-0.2, -0.15) is 8.42 Å². The third-order valence-electron chi connectivity index (χ3n) is 3.06. The molecule has 7 heteroatoms. The van der Waals surface area contributed by atoms with Crippen molar-refractivity contribution in [1.82, 2.24) is 9.44 Å². The van der Waals surface area contributed by atoms with Gasteiger partial charge in [-0.25, -0.2) is 9.44 Å². The van der Waals surface area contributed by atoms with Gasteiger partial charge in [0.2, 0.25) is 0 Å². The molecular formula is C13H20N2O4S. The van der Waals surface area contributed by atoms with Crippen LogP contribution in [0.25, 0.3) is 0 Å². The van der Waals surface area contributed by atoms with Gasteiger partial charge in [-0.3, -0.25) is 0 Å². The lowest BCUT2D eigenvalue weighted by molar-refractivity contribution is 0.171. The van der Waals surface area contributed by atoms with Crippen molar-refractivity contribution >= 4 is 10.2 Å². The monoisotopic (exact) mass is 300 g/mol. The first-order valence-electron chi connectivity index (χ1n) is 6.67. The van der Waals surface area contributed by atoms with Gasteiger partial charge in [0.05, 0.1) is 0 Å². The van der Waals surface area contributed by atoms with Crippen molar-refractivity contribution in [2.75, 3.05) is 26.8 Å². The first-order chi connectivity index (χ1) is 9.61. The van der Waals surface area contributed by atoms with Crippen molar-refractivity contribution < 1.29 is 17.9 Å². The van der Waals surface area contributed by atoms with Crippen LogP contribution in [0, 0.1) is 0 Å². The maximum Gasteiger partial charge on any atom is 0.276 e. The van der Waals surface area contributed by atoms with Crippen LogP contribution in [0.15, 0.2) is 18.2 Å². The predicted octanol–water partition coefficient (Wildman–Crippen LogP) is 0.834. The molecule has 20 heavy (non-hydrogen) atoms. The standard InChI is InChI=1S/C13H20N2O4S/c1-14-20(16,17)15-7-3-2-4-11-5-6-12-13(10-11)19-9-8-18-12/h5-6,10,14-15H,2-4,7-9H2,1H3. The number of fused-ring (bicyclic) bond motifs is 1. The Morgan fingerprint density at radius 3 is 2.65 bits per heavy atom. The molecular weight excluding hydrogens is 280 g/mol. The second kappa shape index (κ2) is 6.92. The van der Waals surface area contributed by atoms with Crippen molar-refractivity contribution in [1.29, 1.82) is 0 Å². The molecule has 1 aromatic rings. The molecule has 0 radical (unpaired) electrons. The van der Waals surface area contributed by atoms with E-state index in [4.69, 9.17) is 9.47 Å². The molecule has 0 saturated heterocycles. The number of hydrogen-bond donors (Lipinski definition) is 2. The van der Waals surface area contributed by atoms with Crippen LogP contribution in [0.4, 0.5) is 0 Å². The topological polar surface area (TPSA) is 76.7 Å². The highest BCUT2D eigenvalue weighted by atomic mass is 32.2. The number of aryl methyl sites for hydroxylation is 1. The summed E-state index contributed by atoms with van der Waals surface area (Å²) in [6, 6.07) is 5.94. The van der Waals surface area contributed by atoms with Crippen molar-refractivity contribution in [2.45, 2.75) is 19.3 Å². The third-order valence-corrected chi connectivity index (χ3v) is 4.18. The smallest absolute Gasteiger partial charge is 0.276 e. The molecule has 1 aliphatic rings. The fourth-order valence-corrected chi connectivity index (χ4v) is 2.53. The summed E-state index contributed by atoms with van der Waals surface area (Å²) in [5.74, 6) is 1.59. The van der Waals surface area contributed by atoms with Crippen LogP contribution in [0.3, 0.4) is 0 Å². The summed E-state index contributed by atoms with van der Waals surface area (Å²) in [6.45, 7) is 1.62. The molecule has 2 N–H and O–H groups in total. The molecule has 0 spiro atoms. The van der Waals surface area contributed by atoms with Crippen LogP contribution in [-0.2, 0) is 16.6 Å². The van der Waals surface area contributed by atoms with E-state index in [1.54, 1.807) is 0 Å². The number of hydrogen-bond acceptors (Lipinski definition) is 4. The Labute approximate surface area is 119 Å². The molecule has 0 unspecified atom stereocenters. The van der Waals surface area contributed by atoms with Crippen molar-refractivity contribution in [3.05, 3.63) is 23.8 Å². The Morgan fingerprint density at radius 1 is 1.15 bits per heavy atom. The van der Waals surface area contributed by atoms with Crippen LogP contribution in [0.2, 0.25) is 0 Å². The Hall–Kier alpha value is -1.31. The van der Waals surface area contributed by atoms with Gasteiger partial charge in [0.15, 0.2) is 11.5 Å². The Bertz CT molecular complexity index is 545. The SMILES string of the molecule is CNS(=O)(=O)NCCCCc1ccc2c(c1)OCCO2. The van der Waals surface area contributed by atoms with Crippen molar-refractivity contribution in [2.24, 2.45) is 0 Å². The largest absolute Gasteiger partial charge is 0.486 e. The van der Waals surface area contributed by atoms with Gasteiger partial charge in [0, 0.05) is 13.6 Å². The highest BCUT2D eigenvalue weighted by Crippen LogP contribution is 2.31. The molecule has 1 aliphatic heterocycles. The average molecular weight is 300 g/mol. The number of nitrogens with one attached hydrogen (secondary N) is 2. The second-order valence-electron chi connectivity index (χ2n) is 4.54. The van der Waals surface area contributed by atoms with Gasteiger partial charge in [-0.15, -0.1) is 0 Å². The molecule has 0 bridgehead atoms. The zero-order valence-corrected chi connectivity index (χ0v) is 12.3. The van der Waals surface area contributed by atoms with Crippen LogP contribution in [0.5, 0.6) is 11.5 Å². The first kappa shape index (κ1) is 15.1. The van der Waals surface area contributed by atoms with Gasteiger partial charge < -0.3 is 9.47 Å². The quantitative estimate of drug-likeness (QED) is 0.731. The number of unbranched alkanes of at least 4 members (excludes halogenated alkanes) is 1. The maximum absolute atomic E-state index is 11.1. The minimum Gasteiger partial charge on any atom is -0.486 e. The van der Waals surface area contributed by atoms with Crippen LogP contribution >= 0.6 is 0 Å². The summed E-state index contributed by atoms with van der Waals surface area (Å²) >= 11 is 0. The van der Waals surface area contributed by atoms with Gasteiger partial charge in [0.1, 0.15) is 13.2 Å². The molecule has 2 rings (SSSR count). The zero-order valence-electron chi connectivity index (χ0n) is 11.5. The molecule has 6 nitrogen and oxygen atoms in total. The van der Waals surface area contributed by atoms with Gasteiger partial charge in [0.25, 0.3) is 10.2 Å². The highest BCUT2D eigenvalue weighted by molar-refractivity contribution is 7.87. The summed E-state index contributed by atoms with van der Waals surface area (Å²) in [5, 5.41) is 0. The lowest BCUT2D eigenvalue weighted by Gasteiger charge is -2.18. The zero-order chi connectivity index (χ0) is 14.4. The fraction of sp³-hybridized carbons (Fsp3) is 0.538. The molecule has 0 amide bonds. The molecule has 0 aliphatic carbocycles. The molecule has 0 saturated carbocycles. The molecule has 112 valence electrons. The lowest BCUT2D eigenvalue weighted by Crippen LogP contribution is -2.34. The first-order valence-corrected chi connectivity index (χ1v) is 8.16. The van der Waals surface area contributed by atoms with E-state index in [-0.39, 0.29) is 0 Å². The van der Waals surface area contributed by atoms with Gasteiger partial charge >= 0.3 is 0 Å². The normalized spacial score (nSPS) is 14.2. The Balaban J connectivity index is 1.74. The minimum atomic E-state index is -3.31. The summed E-state index contributed by atoms with van der Waals surface area (Å²) < 4.78 is 37.9. The fourth-order valence-electron chi connectivity index (χ4n) is 1.98. The maximum atomic E-state index is 11.1. The summed E-state index contributed by atoms with van der Waals surface area (Å²) in [6.07, 6.45) is 2.58.